The van der Waals surface area contributed by atoms with Crippen molar-refractivity contribution in [1.29, 1.82) is 0 Å². The molecule has 1 N–H and O–H groups in total. The molecular formula is C17H21N3O. The summed E-state index contributed by atoms with van der Waals surface area (Å²) in [6.45, 7) is 6.11. The number of anilines is 1. The summed E-state index contributed by atoms with van der Waals surface area (Å²) in [5, 5.41) is 7.17. The minimum absolute atomic E-state index is 0.201. The number of para-hydroxylation sites is 1. The third-order valence-electron chi connectivity index (χ3n) is 4.35. The second-order valence-electron chi connectivity index (χ2n) is 5.86. The van der Waals surface area contributed by atoms with Crippen molar-refractivity contribution < 1.29 is 4.79 Å². The first-order valence-corrected chi connectivity index (χ1v) is 7.48. The van der Waals surface area contributed by atoms with Crippen molar-refractivity contribution in [2.45, 2.75) is 46.1 Å². The summed E-state index contributed by atoms with van der Waals surface area (Å²) in [5.74, 6) is 0.201. The molecule has 0 bridgehead atoms. The molecule has 0 radical (unpaired) electrons. The van der Waals surface area contributed by atoms with Gasteiger partial charge in [-0.25, -0.2) is 0 Å². The Morgan fingerprint density at radius 2 is 2.14 bits per heavy atom. The quantitative estimate of drug-likeness (QED) is 0.941. The van der Waals surface area contributed by atoms with Gasteiger partial charge in [-0.2, -0.15) is 5.10 Å². The highest BCUT2D eigenvalue weighted by Gasteiger charge is 2.30. The molecule has 4 nitrogen and oxygen atoms in total. The van der Waals surface area contributed by atoms with Crippen LogP contribution in [0.3, 0.4) is 0 Å². The Kier molecular flexibility index (Phi) is 3.53. The number of H-pyrrole nitrogens is 1. The molecule has 0 aliphatic carbocycles. The summed E-state index contributed by atoms with van der Waals surface area (Å²) >= 11 is 0. The van der Waals surface area contributed by atoms with E-state index < -0.39 is 0 Å². The average molecular weight is 283 g/mol. The number of hydrogen-bond acceptors (Lipinski definition) is 2. The van der Waals surface area contributed by atoms with Crippen molar-refractivity contribution in [1.82, 2.24) is 10.2 Å². The van der Waals surface area contributed by atoms with Crippen LogP contribution in [0.1, 0.15) is 35.9 Å². The molecule has 21 heavy (non-hydrogen) atoms. The smallest absolute Gasteiger partial charge is 0.227 e. The summed E-state index contributed by atoms with van der Waals surface area (Å²) in [6, 6.07) is 8.45. The maximum Gasteiger partial charge on any atom is 0.227 e. The first-order valence-electron chi connectivity index (χ1n) is 7.48. The Balaban J connectivity index is 1.74. The fourth-order valence-corrected chi connectivity index (χ4v) is 3.24. The van der Waals surface area contributed by atoms with Gasteiger partial charge in [-0.3, -0.25) is 9.89 Å². The van der Waals surface area contributed by atoms with Gasteiger partial charge < -0.3 is 4.90 Å². The maximum atomic E-state index is 12.6. The fraction of sp³-hybridized carbons (Fsp3) is 0.412. The molecule has 2 heterocycles. The standard InChI is InChI=1S/C17H21N3O/c1-11-10-14-6-4-5-7-16(14)20(11)17(21)9-8-15-12(2)18-19-13(15)3/h4-7,11H,8-10H2,1-3H3,(H,18,19). The van der Waals surface area contributed by atoms with Gasteiger partial charge >= 0.3 is 0 Å². The first kappa shape index (κ1) is 13.9. The number of hydrogen-bond donors (Lipinski definition) is 1. The van der Waals surface area contributed by atoms with Crippen LogP contribution in [-0.4, -0.2) is 22.1 Å². The van der Waals surface area contributed by atoms with E-state index in [0.29, 0.717) is 6.42 Å². The number of carbonyl (C=O) groups excluding carboxylic acids is 1. The van der Waals surface area contributed by atoms with Crippen LogP contribution < -0.4 is 4.90 Å². The van der Waals surface area contributed by atoms with Crippen molar-refractivity contribution in [3.8, 4) is 0 Å². The van der Waals surface area contributed by atoms with Crippen LogP contribution in [-0.2, 0) is 17.6 Å². The zero-order valence-corrected chi connectivity index (χ0v) is 12.8. The van der Waals surface area contributed by atoms with E-state index >= 15 is 0 Å². The number of aryl methyl sites for hydroxylation is 2. The van der Waals surface area contributed by atoms with E-state index in [1.54, 1.807) is 0 Å². The summed E-state index contributed by atoms with van der Waals surface area (Å²) in [6.07, 6.45) is 2.23. The second-order valence-corrected chi connectivity index (χ2v) is 5.86. The van der Waals surface area contributed by atoms with Gasteiger partial charge in [0, 0.05) is 23.8 Å². The Labute approximate surface area is 125 Å². The number of carbonyl (C=O) groups is 1. The molecule has 1 amide bonds. The molecule has 110 valence electrons. The highest BCUT2D eigenvalue weighted by atomic mass is 16.2. The van der Waals surface area contributed by atoms with E-state index in [4.69, 9.17) is 0 Å². The summed E-state index contributed by atoms with van der Waals surface area (Å²) in [7, 11) is 0. The zero-order valence-electron chi connectivity index (χ0n) is 12.8. The van der Waals surface area contributed by atoms with Crippen molar-refractivity contribution in [2.24, 2.45) is 0 Å². The lowest BCUT2D eigenvalue weighted by Gasteiger charge is -2.22. The average Bonchev–Trinajstić information content (AvgIpc) is 2.96. The van der Waals surface area contributed by atoms with Crippen LogP contribution in [0.4, 0.5) is 5.69 Å². The number of benzene rings is 1. The Bertz CT molecular complexity index is 655. The third kappa shape index (κ3) is 2.46. The molecule has 4 heteroatoms. The van der Waals surface area contributed by atoms with Crippen LogP contribution in [0.2, 0.25) is 0 Å². The van der Waals surface area contributed by atoms with Gasteiger partial charge in [-0.05, 0) is 50.8 Å². The van der Waals surface area contributed by atoms with Gasteiger partial charge in [0.25, 0.3) is 0 Å². The number of amides is 1. The third-order valence-corrected chi connectivity index (χ3v) is 4.35. The van der Waals surface area contributed by atoms with E-state index in [0.717, 1.165) is 29.9 Å². The zero-order chi connectivity index (χ0) is 15.0. The van der Waals surface area contributed by atoms with E-state index in [-0.39, 0.29) is 11.9 Å². The fourth-order valence-electron chi connectivity index (χ4n) is 3.24. The topological polar surface area (TPSA) is 49.0 Å². The minimum atomic E-state index is 0.201. The number of nitrogens with one attached hydrogen (secondary N) is 1. The van der Waals surface area contributed by atoms with E-state index in [1.807, 2.05) is 36.9 Å². The van der Waals surface area contributed by atoms with Gasteiger partial charge in [0.15, 0.2) is 0 Å². The molecule has 1 aromatic carbocycles. The molecule has 1 unspecified atom stereocenters. The SMILES string of the molecule is Cc1n[nH]c(C)c1CCC(=O)N1c2ccccc2CC1C. The summed E-state index contributed by atoms with van der Waals surface area (Å²) < 4.78 is 0. The minimum Gasteiger partial charge on any atom is -0.309 e. The molecule has 1 atom stereocenters. The van der Waals surface area contributed by atoms with Crippen LogP contribution in [0.5, 0.6) is 0 Å². The number of fused-ring (bicyclic) bond motifs is 1. The molecule has 0 saturated carbocycles. The molecule has 1 aliphatic rings. The molecule has 1 aliphatic heterocycles. The normalized spacial score (nSPS) is 17.1. The number of aromatic amines is 1. The van der Waals surface area contributed by atoms with Gasteiger partial charge in [0.1, 0.15) is 0 Å². The lowest BCUT2D eigenvalue weighted by molar-refractivity contribution is -0.118. The summed E-state index contributed by atoms with van der Waals surface area (Å²) in [5.41, 5.74) is 5.58. The van der Waals surface area contributed by atoms with Gasteiger partial charge in [-0.15, -0.1) is 0 Å². The van der Waals surface area contributed by atoms with Gasteiger partial charge in [-0.1, -0.05) is 18.2 Å². The molecule has 0 fully saturated rings. The highest BCUT2D eigenvalue weighted by molar-refractivity contribution is 5.96. The molecule has 0 saturated heterocycles. The first-order chi connectivity index (χ1) is 10.1. The lowest BCUT2D eigenvalue weighted by Crippen LogP contribution is -2.35. The van der Waals surface area contributed by atoms with Gasteiger partial charge in [0.05, 0.1) is 5.69 Å². The van der Waals surface area contributed by atoms with Crippen molar-refractivity contribution >= 4 is 11.6 Å². The van der Waals surface area contributed by atoms with Gasteiger partial charge in [0.2, 0.25) is 5.91 Å². The molecule has 0 spiro atoms. The predicted molar refractivity (Wildman–Crippen MR) is 83.5 cm³/mol. The van der Waals surface area contributed by atoms with Crippen LogP contribution in [0.15, 0.2) is 24.3 Å². The Morgan fingerprint density at radius 1 is 1.38 bits per heavy atom. The van der Waals surface area contributed by atoms with Crippen LogP contribution in [0, 0.1) is 13.8 Å². The molecule has 3 rings (SSSR count). The van der Waals surface area contributed by atoms with Crippen LogP contribution >= 0.6 is 0 Å². The molecule has 2 aromatic rings. The molecular weight excluding hydrogens is 262 g/mol. The van der Waals surface area contributed by atoms with Crippen molar-refractivity contribution in [2.75, 3.05) is 4.90 Å². The Hall–Kier alpha value is -2.10. The maximum absolute atomic E-state index is 12.6. The predicted octanol–water partition coefficient (Wildman–Crippen LogP) is 2.94. The van der Waals surface area contributed by atoms with E-state index in [1.165, 1.54) is 11.1 Å². The highest BCUT2D eigenvalue weighted by Crippen LogP contribution is 2.32. The summed E-state index contributed by atoms with van der Waals surface area (Å²) in [4.78, 5) is 14.6. The largest absolute Gasteiger partial charge is 0.309 e. The van der Waals surface area contributed by atoms with Crippen molar-refractivity contribution in [3.05, 3.63) is 46.8 Å². The van der Waals surface area contributed by atoms with E-state index in [9.17, 15) is 4.79 Å². The lowest BCUT2D eigenvalue weighted by atomic mass is 10.1. The number of nitrogens with zero attached hydrogens (tertiary/aromatic N) is 2. The number of aromatic nitrogens is 2. The Morgan fingerprint density at radius 3 is 2.86 bits per heavy atom. The monoisotopic (exact) mass is 283 g/mol. The molecule has 1 aromatic heterocycles. The van der Waals surface area contributed by atoms with Crippen molar-refractivity contribution in [3.63, 3.8) is 0 Å². The number of rotatable bonds is 3. The van der Waals surface area contributed by atoms with Crippen LogP contribution in [0.25, 0.3) is 0 Å². The second kappa shape index (κ2) is 5.35. The van der Waals surface area contributed by atoms with E-state index in [2.05, 4.69) is 23.2 Å².